The average Bonchev–Trinajstić information content (AvgIpc) is 2.74. The highest BCUT2D eigenvalue weighted by Gasteiger charge is 2.20. The van der Waals surface area contributed by atoms with E-state index in [1.54, 1.807) is 48.5 Å². The lowest BCUT2D eigenvalue weighted by Gasteiger charge is -2.17. The van der Waals surface area contributed by atoms with Crippen LogP contribution in [0, 0.1) is 4.77 Å². The summed E-state index contributed by atoms with van der Waals surface area (Å²) in [6.45, 7) is 0. The highest BCUT2D eigenvalue weighted by molar-refractivity contribution is 7.71. The van der Waals surface area contributed by atoms with Crippen LogP contribution in [0.25, 0.3) is 22.5 Å². The number of para-hydroxylation sites is 4. The largest absolute Gasteiger partial charge is 0.495 e. The Labute approximate surface area is 170 Å². The molecule has 4 rings (SSSR count). The van der Waals surface area contributed by atoms with Crippen molar-refractivity contribution in [2.75, 3.05) is 14.2 Å². The van der Waals surface area contributed by atoms with Gasteiger partial charge in [0.1, 0.15) is 16.9 Å². The SMILES string of the molecule is COc1ccccc1-n1c(=O)c2c(=O)ccoc2n(-c2ccccc2OC)c1=S. The van der Waals surface area contributed by atoms with Crippen molar-refractivity contribution in [2.24, 2.45) is 0 Å². The number of methoxy groups -OCH3 is 2. The molecule has 0 spiro atoms. The van der Waals surface area contributed by atoms with Crippen molar-refractivity contribution in [1.29, 1.82) is 0 Å². The van der Waals surface area contributed by atoms with Gasteiger partial charge in [0.2, 0.25) is 5.71 Å². The Morgan fingerprint density at radius 2 is 1.38 bits per heavy atom. The second-order valence-corrected chi connectivity index (χ2v) is 6.43. The van der Waals surface area contributed by atoms with Gasteiger partial charge >= 0.3 is 0 Å². The van der Waals surface area contributed by atoms with E-state index in [0.29, 0.717) is 22.9 Å². The molecule has 29 heavy (non-hydrogen) atoms. The van der Waals surface area contributed by atoms with Crippen molar-refractivity contribution in [3.63, 3.8) is 0 Å². The normalized spacial score (nSPS) is 10.8. The fourth-order valence-electron chi connectivity index (χ4n) is 3.21. The van der Waals surface area contributed by atoms with Crippen molar-refractivity contribution in [2.45, 2.75) is 0 Å². The lowest BCUT2D eigenvalue weighted by Crippen LogP contribution is -2.28. The van der Waals surface area contributed by atoms with Gasteiger partial charge in [-0.3, -0.25) is 14.2 Å². The summed E-state index contributed by atoms with van der Waals surface area (Å²) in [5, 5.41) is -0.127. The summed E-state index contributed by atoms with van der Waals surface area (Å²) >= 11 is 5.68. The molecular formula is C21H16N2O5S. The Kier molecular flexibility index (Phi) is 4.77. The Morgan fingerprint density at radius 3 is 1.97 bits per heavy atom. The molecule has 0 amide bonds. The van der Waals surface area contributed by atoms with E-state index in [-0.39, 0.29) is 15.9 Å². The van der Waals surface area contributed by atoms with Gasteiger partial charge in [0.05, 0.1) is 31.9 Å². The van der Waals surface area contributed by atoms with Crippen LogP contribution in [-0.2, 0) is 0 Å². The highest BCUT2D eigenvalue weighted by Crippen LogP contribution is 2.27. The molecule has 0 saturated carbocycles. The molecule has 4 aromatic rings. The van der Waals surface area contributed by atoms with Crippen LogP contribution in [0.2, 0.25) is 0 Å². The summed E-state index contributed by atoms with van der Waals surface area (Å²) in [7, 11) is 3.02. The molecule has 7 nitrogen and oxygen atoms in total. The van der Waals surface area contributed by atoms with Crippen LogP contribution in [-0.4, -0.2) is 23.4 Å². The third-order valence-corrected chi connectivity index (χ3v) is 4.88. The number of aromatic nitrogens is 2. The van der Waals surface area contributed by atoms with E-state index in [1.807, 2.05) is 0 Å². The molecule has 0 bridgehead atoms. The van der Waals surface area contributed by atoms with Crippen LogP contribution in [0.3, 0.4) is 0 Å². The monoisotopic (exact) mass is 408 g/mol. The molecule has 0 atom stereocenters. The molecule has 2 aromatic heterocycles. The molecule has 0 N–H and O–H groups in total. The molecule has 146 valence electrons. The first kappa shape index (κ1) is 18.7. The number of hydrogen-bond acceptors (Lipinski definition) is 6. The van der Waals surface area contributed by atoms with Gasteiger partial charge in [0.15, 0.2) is 10.2 Å². The van der Waals surface area contributed by atoms with Crippen molar-refractivity contribution < 1.29 is 13.9 Å². The minimum absolute atomic E-state index is 0.0446. The van der Waals surface area contributed by atoms with Gasteiger partial charge in [-0.15, -0.1) is 0 Å². The van der Waals surface area contributed by atoms with Crippen LogP contribution in [0.4, 0.5) is 0 Å². The van der Waals surface area contributed by atoms with E-state index in [4.69, 9.17) is 26.1 Å². The highest BCUT2D eigenvalue weighted by atomic mass is 32.1. The first-order chi connectivity index (χ1) is 14.1. The lowest BCUT2D eigenvalue weighted by atomic mass is 10.2. The smallest absolute Gasteiger partial charge is 0.274 e. The Morgan fingerprint density at radius 1 is 0.828 bits per heavy atom. The molecule has 2 aromatic carbocycles. The van der Waals surface area contributed by atoms with Gasteiger partial charge in [0, 0.05) is 6.07 Å². The van der Waals surface area contributed by atoms with Crippen molar-refractivity contribution in [1.82, 2.24) is 9.13 Å². The molecule has 0 saturated heterocycles. The average molecular weight is 408 g/mol. The van der Waals surface area contributed by atoms with Crippen LogP contribution >= 0.6 is 12.2 Å². The van der Waals surface area contributed by atoms with Gasteiger partial charge in [0.25, 0.3) is 5.56 Å². The third-order valence-electron chi connectivity index (χ3n) is 4.51. The van der Waals surface area contributed by atoms with Crippen LogP contribution in [0.5, 0.6) is 11.5 Å². The zero-order chi connectivity index (χ0) is 20.5. The maximum atomic E-state index is 13.3. The van der Waals surface area contributed by atoms with Crippen LogP contribution < -0.4 is 20.5 Å². The topological polar surface area (TPSA) is 75.6 Å². The molecule has 0 fully saturated rings. The number of benzene rings is 2. The standard InChI is InChI=1S/C21H16N2O5S/c1-26-16-9-5-3-7-13(16)22-19(25)18-15(24)11-12-28-20(18)23(21(22)29)14-8-4-6-10-17(14)27-2/h3-12H,1-2H3. The van der Waals surface area contributed by atoms with Crippen molar-refractivity contribution in [3.8, 4) is 22.9 Å². The summed E-state index contributed by atoms with van der Waals surface area (Å²) < 4.78 is 19.3. The minimum Gasteiger partial charge on any atom is -0.495 e. The third kappa shape index (κ3) is 2.94. The molecule has 0 unspecified atom stereocenters. The number of rotatable bonds is 4. The van der Waals surface area contributed by atoms with E-state index in [1.165, 1.54) is 35.7 Å². The zero-order valence-electron chi connectivity index (χ0n) is 15.6. The fraction of sp³-hybridized carbons (Fsp3) is 0.0952. The summed E-state index contributed by atoms with van der Waals surface area (Å²) in [5.41, 5.74) is -0.0708. The van der Waals surface area contributed by atoms with Gasteiger partial charge in [-0.25, -0.2) is 4.57 Å². The number of fused-ring (bicyclic) bond motifs is 1. The van der Waals surface area contributed by atoms with E-state index in [0.717, 1.165) is 0 Å². The molecule has 0 aliphatic rings. The Bertz CT molecular complexity index is 1400. The fourth-order valence-corrected chi connectivity index (χ4v) is 3.57. The van der Waals surface area contributed by atoms with E-state index in [2.05, 4.69) is 0 Å². The van der Waals surface area contributed by atoms with Gasteiger partial charge in [-0.2, -0.15) is 0 Å². The maximum absolute atomic E-state index is 13.3. The van der Waals surface area contributed by atoms with Gasteiger partial charge in [-0.05, 0) is 36.5 Å². The number of nitrogens with zero attached hydrogens (tertiary/aromatic N) is 2. The van der Waals surface area contributed by atoms with Crippen molar-refractivity contribution >= 4 is 23.3 Å². The number of ether oxygens (including phenoxy) is 2. The Hall–Kier alpha value is -3.65. The van der Waals surface area contributed by atoms with Crippen LogP contribution in [0.1, 0.15) is 0 Å². The summed E-state index contributed by atoms with van der Waals surface area (Å²) in [4.78, 5) is 25.9. The second kappa shape index (κ2) is 7.40. The van der Waals surface area contributed by atoms with Crippen LogP contribution in [0.15, 0.2) is 74.9 Å². The molecule has 0 aliphatic heterocycles. The van der Waals surface area contributed by atoms with Gasteiger partial charge < -0.3 is 13.9 Å². The molecule has 8 heteroatoms. The van der Waals surface area contributed by atoms with E-state index < -0.39 is 11.0 Å². The van der Waals surface area contributed by atoms with E-state index >= 15 is 0 Å². The number of hydrogen-bond donors (Lipinski definition) is 0. The Balaban J connectivity index is 2.27. The predicted molar refractivity (Wildman–Crippen MR) is 111 cm³/mol. The summed E-state index contributed by atoms with van der Waals surface area (Å²) in [6, 6.07) is 15.3. The maximum Gasteiger partial charge on any atom is 0.274 e. The van der Waals surface area contributed by atoms with E-state index in [9.17, 15) is 9.59 Å². The predicted octanol–water partition coefficient (Wildman–Crippen LogP) is 3.48. The molecule has 0 aliphatic carbocycles. The first-order valence-corrected chi connectivity index (χ1v) is 9.05. The first-order valence-electron chi connectivity index (χ1n) is 8.65. The quantitative estimate of drug-likeness (QED) is 0.481. The minimum atomic E-state index is -0.588. The van der Waals surface area contributed by atoms with Crippen molar-refractivity contribution in [3.05, 3.63) is 86.2 Å². The van der Waals surface area contributed by atoms with Gasteiger partial charge in [-0.1, -0.05) is 24.3 Å². The summed E-state index contributed by atoms with van der Waals surface area (Å²) in [5.74, 6) is 0.938. The summed E-state index contributed by atoms with van der Waals surface area (Å²) in [6.07, 6.45) is 1.23. The lowest BCUT2D eigenvalue weighted by molar-refractivity contribution is 0.410. The molecule has 0 radical (unpaired) electrons. The zero-order valence-corrected chi connectivity index (χ0v) is 16.4. The molecular weight excluding hydrogens is 392 g/mol. The molecule has 2 heterocycles. The second-order valence-electron chi connectivity index (χ2n) is 6.07.